The van der Waals surface area contributed by atoms with Crippen LogP contribution in [0.15, 0.2) is 48.9 Å². The number of nitrogens with zero attached hydrogens (tertiary/aromatic N) is 3. The second-order valence-corrected chi connectivity index (χ2v) is 5.58. The fourth-order valence-electron chi connectivity index (χ4n) is 2.58. The molecule has 0 saturated carbocycles. The summed E-state index contributed by atoms with van der Waals surface area (Å²) < 4.78 is 5.66. The molecule has 0 spiro atoms. The third-order valence-electron chi connectivity index (χ3n) is 3.79. The number of carbonyl (C=O) groups is 1. The van der Waals surface area contributed by atoms with E-state index in [1.807, 2.05) is 30.3 Å². The van der Waals surface area contributed by atoms with Crippen LogP contribution < -0.4 is 0 Å². The minimum atomic E-state index is -0.166. The van der Waals surface area contributed by atoms with Crippen molar-refractivity contribution in [3.63, 3.8) is 0 Å². The van der Waals surface area contributed by atoms with Crippen LogP contribution >= 0.6 is 0 Å². The Morgan fingerprint density at radius 2 is 2.17 bits per heavy atom. The van der Waals surface area contributed by atoms with Gasteiger partial charge in [0, 0.05) is 31.1 Å². The van der Waals surface area contributed by atoms with Crippen molar-refractivity contribution in [2.75, 3.05) is 19.7 Å². The third kappa shape index (κ3) is 4.40. The van der Waals surface area contributed by atoms with Crippen LogP contribution in [0.5, 0.6) is 0 Å². The van der Waals surface area contributed by atoms with Crippen molar-refractivity contribution in [1.29, 1.82) is 0 Å². The van der Waals surface area contributed by atoms with Crippen LogP contribution in [0, 0.1) is 11.8 Å². The van der Waals surface area contributed by atoms with E-state index >= 15 is 0 Å². The Balaban J connectivity index is 1.72. The topological polar surface area (TPSA) is 55.3 Å². The van der Waals surface area contributed by atoms with E-state index in [2.05, 4.69) is 21.8 Å². The van der Waals surface area contributed by atoms with Gasteiger partial charge in [0.2, 0.25) is 0 Å². The van der Waals surface area contributed by atoms with Crippen LogP contribution in [0.25, 0.3) is 0 Å². The first-order valence-corrected chi connectivity index (χ1v) is 8.04. The van der Waals surface area contributed by atoms with Crippen LogP contribution in [-0.4, -0.2) is 46.6 Å². The second kappa shape index (κ2) is 8.23. The molecule has 5 heteroatoms. The van der Waals surface area contributed by atoms with Gasteiger partial charge in [0.25, 0.3) is 5.91 Å². The number of aromatic nitrogens is 2. The summed E-state index contributed by atoms with van der Waals surface area (Å²) >= 11 is 0. The average Bonchev–Trinajstić information content (AvgIpc) is 3.15. The molecule has 1 fully saturated rings. The Morgan fingerprint density at radius 1 is 1.29 bits per heavy atom. The van der Waals surface area contributed by atoms with Crippen molar-refractivity contribution in [2.45, 2.75) is 18.9 Å². The van der Waals surface area contributed by atoms with Gasteiger partial charge in [0.15, 0.2) is 0 Å². The van der Waals surface area contributed by atoms with Gasteiger partial charge >= 0.3 is 0 Å². The summed E-state index contributed by atoms with van der Waals surface area (Å²) in [6.45, 7) is 1.62. The van der Waals surface area contributed by atoms with E-state index in [-0.39, 0.29) is 12.0 Å². The molecule has 2 aromatic rings. The Labute approximate surface area is 141 Å². The molecule has 1 atom stereocenters. The summed E-state index contributed by atoms with van der Waals surface area (Å²) in [5, 5.41) is 0. The first-order chi connectivity index (χ1) is 11.8. The number of amides is 1. The zero-order chi connectivity index (χ0) is 16.6. The fraction of sp³-hybridized carbons (Fsp3) is 0.316. The van der Waals surface area contributed by atoms with Crippen LogP contribution in [0.1, 0.15) is 28.9 Å². The highest BCUT2D eigenvalue weighted by Crippen LogP contribution is 2.14. The molecule has 1 aliphatic heterocycles. The molecule has 0 bridgehead atoms. The van der Waals surface area contributed by atoms with Gasteiger partial charge < -0.3 is 9.64 Å². The van der Waals surface area contributed by atoms with Crippen molar-refractivity contribution >= 4 is 5.91 Å². The van der Waals surface area contributed by atoms with Crippen molar-refractivity contribution in [2.24, 2.45) is 0 Å². The minimum Gasteiger partial charge on any atom is -0.376 e. The lowest BCUT2D eigenvalue weighted by molar-refractivity contribution is 0.0553. The van der Waals surface area contributed by atoms with Gasteiger partial charge in [-0.3, -0.25) is 9.78 Å². The third-order valence-corrected chi connectivity index (χ3v) is 3.79. The van der Waals surface area contributed by atoms with E-state index in [9.17, 15) is 4.79 Å². The van der Waals surface area contributed by atoms with Crippen LogP contribution in [0.2, 0.25) is 0 Å². The van der Waals surface area contributed by atoms with E-state index in [1.165, 1.54) is 12.4 Å². The smallest absolute Gasteiger partial charge is 0.274 e. The molecule has 1 aromatic carbocycles. The largest absolute Gasteiger partial charge is 0.376 e. The summed E-state index contributed by atoms with van der Waals surface area (Å²) in [6, 6.07) is 9.73. The van der Waals surface area contributed by atoms with E-state index in [4.69, 9.17) is 4.74 Å². The normalized spacial score (nSPS) is 16.2. The summed E-state index contributed by atoms with van der Waals surface area (Å²) in [5.41, 5.74) is 1.26. The van der Waals surface area contributed by atoms with E-state index < -0.39 is 0 Å². The van der Waals surface area contributed by atoms with Crippen molar-refractivity contribution in [3.05, 3.63) is 60.2 Å². The van der Waals surface area contributed by atoms with Crippen LogP contribution in [-0.2, 0) is 4.74 Å². The molecule has 1 aliphatic rings. The molecule has 24 heavy (non-hydrogen) atoms. The highest BCUT2D eigenvalue weighted by Gasteiger charge is 2.23. The monoisotopic (exact) mass is 321 g/mol. The average molecular weight is 321 g/mol. The number of hydrogen-bond donors (Lipinski definition) is 0. The number of ether oxygens (including phenoxy) is 1. The van der Waals surface area contributed by atoms with Crippen molar-refractivity contribution in [3.8, 4) is 11.8 Å². The maximum Gasteiger partial charge on any atom is 0.274 e. The van der Waals surface area contributed by atoms with E-state index in [0.717, 1.165) is 25.0 Å². The Morgan fingerprint density at radius 3 is 2.88 bits per heavy atom. The molecule has 3 rings (SSSR count). The van der Waals surface area contributed by atoms with E-state index in [0.29, 0.717) is 18.8 Å². The number of hydrogen-bond acceptors (Lipinski definition) is 4. The van der Waals surface area contributed by atoms with E-state index in [1.54, 1.807) is 11.1 Å². The van der Waals surface area contributed by atoms with Gasteiger partial charge in [-0.05, 0) is 25.0 Å². The molecule has 122 valence electrons. The van der Waals surface area contributed by atoms with Gasteiger partial charge in [-0.15, -0.1) is 0 Å². The molecule has 1 aromatic heterocycles. The second-order valence-electron chi connectivity index (χ2n) is 5.58. The predicted molar refractivity (Wildman–Crippen MR) is 90.2 cm³/mol. The molecule has 0 N–H and O–H groups in total. The molecule has 5 nitrogen and oxygen atoms in total. The van der Waals surface area contributed by atoms with Gasteiger partial charge in [0.05, 0.1) is 18.8 Å². The highest BCUT2D eigenvalue weighted by molar-refractivity contribution is 5.92. The molecular weight excluding hydrogens is 302 g/mol. The number of rotatable bonds is 4. The Kier molecular flexibility index (Phi) is 5.54. The molecule has 0 radical (unpaired) electrons. The summed E-state index contributed by atoms with van der Waals surface area (Å²) in [6.07, 6.45) is 6.63. The number of carbonyl (C=O) groups excluding carboxylic acids is 1. The van der Waals surface area contributed by atoms with Gasteiger partial charge in [-0.1, -0.05) is 30.0 Å². The maximum atomic E-state index is 12.7. The zero-order valence-electron chi connectivity index (χ0n) is 13.4. The first kappa shape index (κ1) is 16.2. The van der Waals surface area contributed by atoms with Crippen LogP contribution in [0.4, 0.5) is 0 Å². The predicted octanol–water partition coefficient (Wildman–Crippen LogP) is 2.15. The molecule has 0 aliphatic carbocycles. The quantitative estimate of drug-likeness (QED) is 0.810. The minimum absolute atomic E-state index is 0.0733. The SMILES string of the molecule is O=C(c1cnccn1)N(CC#Cc1ccccc1)CC1CCCO1. The molecular formula is C19H19N3O2. The lowest BCUT2D eigenvalue weighted by Crippen LogP contribution is -2.38. The van der Waals surface area contributed by atoms with Crippen LogP contribution in [0.3, 0.4) is 0 Å². The lowest BCUT2D eigenvalue weighted by atomic mass is 10.2. The van der Waals surface area contributed by atoms with Crippen molar-refractivity contribution < 1.29 is 9.53 Å². The molecule has 2 heterocycles. The summed E-state index contributed by atoms with van der Waals surface area (Å²) in [4.78, 5) is 22.4. The Hall–Kier alpha value is -2.71. The number of benzene rings is 1. The van der Waals surface area contributed by atoms with Gasteiger partial charge in [-0.25, -0.2) is 4.98 Å². The standard InChI is InChI=1S/C19H19N3O2/c23-19(18-14-20-10-11-21-18)22(15-17-9-5-13-24-17)12-4-8-16-6-2-1-3-7-16/h1-3,6-7,10-11,14,17H,5,9,12-13,15H2. The highest BCUT2D eigenvalue weighted by atomic mass is 16.5. The first-order valence-electron chi connectivity index (χ1n) is 8.04. The Bertz CT molecular complexity index is 717. The van der Waals surface area contributed by atoms with Gasteiger partial charge in [0.1, 0.15) is 5.69 Å². The summed E-state index contributed by atoms with van der Waals surface area (Å²) in [7, 11) is 0. The van der Waals surface area contributed by atoms with Gasteiger partial charge in [-0.2, -0.15) is 0 Å². The zero-order valence-corrected chi connectivity index (χ0v) is 13.4. The molecule has 1 unspecified atom stereocenters. The van der Waals surface area contributed by atoms with Crippen molar-refractivity contribution in [1.82, 2.24) is 14.9 Å². The lowest BCUT2D eigenvalue weighted by Gasteiger charge is -2.22. The summed E-state index contributed by atoms with van der Waals surface area (Å²) in [5.74, 6) is 6.00. The maximum absolute atomic E-state index is 12.7. The molecule has 1 amide bonds. The fourth-order valence-corrected chi connectivity index (χ4v) is 2.58. The molecule has 1 saturated heterocycles.